The third-order valence-corrected chi connectivity index (χ3v) is 4.77. The number of amides is 1. The normalized spacial score (nSPS) is 11.1. The van der Waals surface area contributed by atoms with Crippen molar-refractivity contribution in [3.05, 3.63) is 110 Å². The first-order chi connectivity index (χ1) is 14.0. The van der Waals surface area contributed by atoms with E-state index in [1.54, 1.807) is 7.05 Å². The summed E-state index contributed by atoms with van der Waals surface area (Å²) in [7, 11) is 2.97. The highest BCUT2D eigenvalue weighted by atomic mass is 16.2. The summed E-state index contributed by atoms with van der Waals surface area (Å²) in [5.41, 5.74) is 1.63. The molecule has 6 heteroatoms. The number of nitrogens with zero attached hydrogens (tertiary/aromatic N) is 2. The lowest BCUT2D eigenvalue weighted by atomic mass is 9.91. The quantitative estimate of drug-likeness (QED) is 0.656. The molecule has 0 aliphatic carbocycles. The van der Waals surface area contributed by atoms with Gasteiger partial charge in [0.2, 0.25) is 5.91 Å². The summed E-state index contributed by atoms with van der Waals surface area (Å²) < 4.78 is 2.32. The van der Waals surface area contributed by atoms with Crippen LogP contribution in [-0.4, -0.2) is 21.6 Å². The highest BCUT2D eigenvalue weighted by Crippen LogP contribution is 2.23. The van der Waals surface area contributed by atoms with Crippen molar-refractivity contribution < 1.29 is 4.79 Å². The van der Waals surface area contributed by atoms with Gasteiger partial charge in [0.25, 0.3) is 5.56 Å². The zero-order chi connectivity index (χ0) is 20.8. The molecule has 1 amide bonds. The third-order valence-electron chi connectivity index (χ3n) is 4.77. The molecule has 0 aliphatic heterocycles. The van der Waals surface area contributed by atoms with E-state index in [1.165, 1.54) is 30.0 Å². The predicted molar refractivity (Wildman–Crippen MR) is 114 cm³/mol. The number of rotatable bonds is 6. The number of hydrogen-bond donors (Lipinski definition) is 1. The van der Waals surface area contributed by atoms with Crippen LogP contribution in [0.4, 0.5) is 0 Å². The maximum absolute atomic E-state index is 12.4. The Balaban J connectivity index is 1.75. The molecule has 0 radical (unpaired) electrons. The van der Waals surface area contributed by atoms with E-state index < -0.39 is 11.2 Å². The van der Waals surface area contributed by atoms with Crippen molar-refractivity contribution in [2.24, 2.45) is 14.1 Å². The lowest BCUT2D eigenvalue weighted by molar-refractivity contribution is -0.116. The van der Waals surface area contributed by atoms with Gasteiger partial charge in [0.1, 0.15) is 0 Å². The second-order valence-corrected chi connectivity index (χ2v) is 6.79. The zero-order valence-corrected chi connectivity index (χ0v) is 16.4. The monoisotopic (exact) mass is 389 g/mol. The Morgan fingerprint density at radius 3 is 2.07 bits per heavy atom. The Labute approximate surface area is 168 Å². The molecule has 1 aromatic heterocycles. The maximum atomic E-state index is 12.4. The molecular weight excluding hydrogens is 366 g/mol. The molecule has 3 rings (SSSR count). The average molecular weight is 389 g/mol. The van der Waals surface area contributed by atoms with Crippen LogP contribution in [0.1, 0.15) is 22.6 Å². The van der Waals surface area contributed by atoms with Gasteiger partial charge in [-0.3, -0.25) is 14.2 Å². The van der Waals surface area contributed by atoms with Gasteiger partial charge < -0.3 is 9.88 Å². The van der Waals surface area contributed by atoms with Crippen LogP contribution in [0, 0.1) is 0 Å². The first-order valence-electron chi connectivity index (χ1n) is 9.30. The summed E-state index contributed by atoms with van der Waals surface area (Å²) in [5, 5.41) is 2.91. The molecule has 0 unspecified atom stereocenters. The topological polar surface area (TPSA) is 73.1 Å². The minimum atomic E-state index is -0.441. The van der Waals surface area contributed by atoms with Crippen LogP contribution in [0.3, 0.4) is 0 Å². The van der Waals surface area contributed by atoms with Gasteiger partial charge in [-0.1, -0.05) is 60.7 Å². The zero-order valence-electron chi connectivity index (χ0n) is 16.4. The number of carbonyl (C=O) groups is 1. The lowest BCUT2D eigenvalue weighted by Crippen LogP contribution is -2.37. The van der Waals surface area contributed by atoms with E-state index in [0.29, 0.717) is 6.54 Å². The molecule has 148 valence electrons. The fourth-order valence-corrected chi connectivity index (χ4v) is 3.18. The minimum absolute atomic E-state index is 0.0140. The van der Waals surface area contributed by atoms with E-state index in [-0.39, 0.29) is 17.4 Å². The summed E-state index contributed by atoms with van der Waals surface area (Å²) in [5.74, 6) is -0.294. The largest absolute Gasteiger partial charge is 0.352 e. The first-order valence-corrected chi connectivity index (χ1v) is 9.30. The molecule has 0 fully saturated rings. The average Bonchev–Trinajstić information content (AvgIpc) is 2.75. The Hall–Kier alpha value is -3.67. The maximum Gasteiger partial charge on any atom is 0.330 e. The molecule has 0 saturated carbocycles. The van der Waals surface area contributed by atoms with Crippen molar-refractivity contribution in [3.63, 3.8) is 0 Å². The molecule has 0 atom stereocenters. The molecular formula is C23H23N3O3. The van der Waals surface area contributed by atoms with Gasteiger partial charge in [-0.05, 0) is 17.2 Å². The summed E-state index contributed by atoms with van der Waals surface area (Å²) in [6.07, 6.45) is 4.16. The smallest absolute Gasteiger partial charge is 0.330 e. The first kappa shape index (κ1) is 20.1. The van der Waals surface area contributed by atoms with Gasteiger partial charge in [0.05, 0.1) is 5.56 Å². The van der Waals surface area contributed by atoms with Crippen molar-refractivity contribution in [1.82, 2.24) is 14.5 Å². The highest BCUT2D eigenvalue weighted by Gasteiger charge is 2.14. The van der Waals surface area contributed by atoms with E-state index in [9.17, 15) is 14.4 Å². The van der Waals surface area contributed by atoms with Crippen LogP contribution in [0.25, 0.3) is 6.08 Å². The molecule has 0 saturated heterocycles. The standard InChI is InChI=1S/C23H23N3O3/c1-25-16-19(22(28)26(2)23(25)29)13-14-21(27)24-15-20(17-9-5-3-6-10-17)18-11-7-4-8-12-18/h3-14,16,20H,15H2,1-2H3,(H,24,27)/b14-13+. The van der Waals surface area contributed by atoms with Crippen molar-refractivity contribution in [2.45, 2.75) is 5.92 Å². The van der Waals surface area contributed by atoms with Crippen molar-refractivity contribution >= 4 is 12.0 Å². The molecule has 3 aromatic rings. The van der Waals surface area contributed by atoms with Gasteiger partial charge in [-0.25, -0.2) is 4.79 Å². The molecule has 0 bridgehead atoms. The molecule has 1 heterocycles. The Morgan fingerprint density at radius 1 is 0.966 bits per heavy atom. The summed E-state index contributed by atoms with van der Waals surface area (Å²) in [4.78, 5) is 36.3. The van der Waals surface area contributed by atoms with Gasteiger partial charge >= 0.3 is 5.69 Å². The summed E-state index contributed by atoms with van der Waals surface area (Å²) in [6.45, 7) is 0.419. The number of aromatic nitrogens is 2. The number of benzene rings is 2. The van der Waals surface area contributed by atoms with Crippen LogP contribution in [0.15, 0.2) is 82.5 Å². The van der Waals surface area contributed by atoms with E-state index in [0.717, 1.165) is 15.7 Å². The van der Waals surface area contributed by atoms with Crippen molar-refractivity contribution in [3.8, 4) is 0 Å². The number of aryl methyl sites for hydroxylation is 1. The fourth-order valence-electron chi connectivity index (χ4n) is 3.18. The van der Waals surface area contributed by atoms with Crippen LogP contribution < -0.4 is 16.6 Å². The van der Waals surface area contributed by atoms with Crippen molar-refractivity contribution in [1.29, 1.82) is 0 Å². The summed E-state index contributed by atoms with van der Waals surface area (Å²) >= 11 is 0. The molecule has 6 nitrogen and oxygen atoms in total. The van der Waals surface area contributed by atoms with Crippen LogP contribution in [0.2, 0.25) is 0 Å². The molecule has 29 heavy (non-hydrogen) atoms. The van der Waals surface area contributed by atoms with Gasteiger partial charge in [0.15, 0.2) is 0 Å². The Morgan fingerprint density at radius 2 is 1.52 bits per heavy atom. The fraction of sp³-hybridized carbons (Fsp3) is 0.174. The molecule has 1 N–H and O–H groups in total. The minimum Gasteiger partial charge on any atom is -0.352 e. The number of hydrogen-bond acceptors (Lipinski definition) is 3. The van der Waals surface area contributed by atoms with Crippen molar-refractivity contribution in [2.75, 3.05) is 6.54 Å². The second-order valence-electron chi connectivity index (χ2n) is 6.79. The predicted octanol–water partition coefficient (Wildman–Crippen LogP) is 2.05. The second kappa shape index (κ2) is 9.01. The van der Waals surface area contributed by atoms with Crippen LogP contribution >= 0.6 is 0 Å². The third kappa shape index (κ3) is 4.79. The Bertz CT molecular complexity index is 1090. The lowest BCUT2D eigenvalue weighted by Gasteiger charge is -2.18. The van der Waals surface area contributed by atoms with Gasteiger partial charge in [0, 0.05) is 38.8 Å². The molecule has 2 aromatic carbocycles. The van der Waals surface area contributed by atoms with E-state index in [2.05, 4.69) is 5.32 Å². The molecule has 0 spiro atoms. The Kier molecular flexibility index (Phi) is 6.24. The van der Waals surface area contributed by atoms with E-state index >= 15 is 0 Å². The number of carbonyl (C=O) groups excluding carboxylic acids is 1. The van der Waals surface area contributed by atoms with E-state index in [4.69, 9.17) is 0 Å². The van der Waals surface area contributed by atoms with Gasteiger partial charge in [-0.2, -0.15) is 0 Å². The SMILES string of the molecule is Cn1cc(/C=C/C(=O)NCC(c2ccccc2)c2ccccc2)c(=O)n(C)c1=O. The van der Waals surface area contributed by atoms with Gasteiger partial charge in [-0.15, -0.1) is 0 Å². The van der Waals surface area contributed by atoms with E-state index in [1.807, 2.05) is 60.7 Å². The highest BCUT2D eigenvalue weighted by molar-refractivity contribution is 5.91. The summed E-state index contributed by atoms with van der Waals surface area (Å²) in [6, 6.07) is 20.0. The van der Waals surface area contributed by atoms with Crippen LogP contribution in [-0.2, 0) is 18.9 Å². The molecule has 0 aliphatic rings. The van der Waals surface area contributed by atoms with Crippen LogP contribution in [0.5, 0.6) is 0 Å². The number of nitrogens with one attached hydrogen (secondary N) is 1.